The van der Waals surface area contributed by atoms with Crippen LogP contribution in [0.25, 0.3) is 0 Å². The molecule has 1 aliphatic carbocycles. The molecule has 0 radical (unpaired) electrons. The van der Waals surface area contributed by atoms with Crippen molar-refractivity contribution in [2.75, 3.05) is 50.8 Å². The molecule has 32 heavy (non-hydrogen) atoms. The van der Waals surface area contributed by atoms with E-state index in [1.54, 1.807) is 0 Å². The molecule has 176 valence electrons. The standard InChI is InChI=1S/C25H38N4O3/c30-23(18-22-2-1-16-31-22)27-21-5-3-19(4-6-21)8-11-28-12-14-29(15-13-28)25-24-20(7-10-26-25)9-17-32-24/h7,10,19,21-22H,1-6,8-9,11-18H2,(H,27,30)/t19-,21-,22?. The van der Waals surface area contributed by atoms with Crippen molar-refractivity contribution in [2.24, 2.45) is 5.92 Å². The summed E-state index contributed by atoms with van der Waals surface area (Å²) in [6.45, 7) is 7.03. The van der Waals surface area contributed by atoms with E-state index in [9.17, 15) is 4.79 Å². The van der Waals surface area contributed by atoms with E-state index in [0.29, 0.717) is 12.5 Å². The SMILES string of the molecule is O=C(CC1CCCO1)N[C@H]1CC[C@H](CCN2CCN(c3nccc4c3OCC4)CC2)CC1. The quantitative estimate of drug-likeness (QED) is 0.701. The zero-order chi connectivity index (χ0) is 21.8. The van der Waals surface area contributed by atoms with E-state index in [1.165, 1.54) is 31.4 Å². The molecule has 0 spiro atoms. The first-order chi connectivity index (χ1) is 15.7. The summed E-state index contributed by atoms with van der Waals surface area (Å²) in [6.07, 6.45) is 11.8. The number of hydrogen-bond donors (Lipinski definition) is 1. The van der Waals surface area contributed by atoms with Gasteiger partial charge in [0.05, 0.1) is 19.1 Å². The topological polar surface area (TPSA) is 66.9 Å². The predicted molar refractivity (Wildman–Crippen MR) is 124 cm³/mol. The molecule has 7 nitrogen and oxygen atoms in total. The van der Waals surface area contributed by atoms with Crippen molar-refractivity contribution < 1.29 is 14.3 Å². The molecule has 0 aromatic carbocycles. The van der Waals surface area contributed by atoms with Gasteiger partial charge in [-0.15, -0.1) is 0 Å². The molecule has 1 amide bonds. The van der Waals surface area contributed by atoms with Crippen LogP contribution in [0.4, 0.5) is 5.82 Å². The highest BCUT2D eigenvalue weighted by molar-refractivity contribution is 5.76. The summed E-state index contributed by atoms with van der Waals surface area (Å²) < 4.78 is 11.4. The van der Waals surface area contributed by atoms with Crippen LogP contribution in [0, 0.1) is 5.92 Å². The fraction of sp³-hybridized carbons (Fsp3) is 0.760. The Morgan fingerprint density at radius 2 is 1.94 bits per heavy atom. The van der Waals surface area contributed by atoms with Gasteiger partial charge < -0.3 is 19.7 Å². The molecule has 1 unspecified atom stereocenters. The van der Waals surface area contributed by atoms with E-state index in [4.69, 9.17) is 9.47 Å². The second-order valence-corrected chi connectivity index (χ2v) is 9.96. The Morgan fingerprint density at radius 3 is 2.72 bits per heavy atom. The summed E-state index contributed by atoms with van der Waals surface area (Å²) in [5.74, 6) is 3.04. The van der Waals surface area contributed by atoms with Gasteiger partial charge in [-0.3, -0.25) is 9.69 Å². The van der Waals surface area contributed by atoms with Crippen molar-refractivity contribution >= 4 is 11.7 Å². The number of carbonyl (C=O) groups is 1. The summed E-state index contributed by atoms with van der Waals surface area (Å²) in [7, 11) is 0. The third kappa shape index (κ3) is 5.37. The monoisotopic (exact) mass is 442 g/mol. The molecule has 2 saturated heterocycles. The Hall–Kier alpha value is -1.86. The summed E-state index contributed by atoms with van der Waals surface area (Å²) in [5.41, 5.74) is 1.30. The van der Waals surface area contributed by atoms with Gasteiger partial charge >= 0.3 is 0 Å². The van der Waals surface area contributed by atoms with Crippen LogP contribution in [0.1, 0.15) is 56.9 Å². The van der Waals surface area contributed by atoms with Crippen LogP contribution in [0.2, 0.25) is 0 Å². The number of piperazine rings is 1. The molecule has 1 aromatic rings. The van der Waals surface area contributed by atoms with Gasteiger partial charge in [0.1, 0.15) is 0 Å². The molecule has 7 heteroatoms. The van der Waals surface area contributed by atoms with Gasteiger partial charge in [-0.25, -0.2) is 4.98 Å². The normalized spacial score (nSPS) is 28.4. The molecule has 0 bridgehead atoms. The lowest BCUT2D eigenvalue weighted by molar-refractivity contribution is -0.124. The highest BCUT2D eigenvalue weighted by Gasteiger charge is 2.27. The smallest absolute Gasteiger partial charge is 0.222 e. The second-order valence-electron chi connectivity index (χ2n) is 9.96. The zero-order valence-electron chi connectivity index (χ0n) is 19.3. The van der Waals surface area contributed by atoms with Crippen LogP contribution in [-0.4, -0.2) is 73.9 Å². The molecular weight excluding hydrogens is 404 g/mol. The van der Waals surface area contributed by atoms with E-state index >= 15 is 0 Å². The highest BCUT2D eigenvalue weighted by Crippen LogP contribution is 2.34. The minimum absolute atomic E-state index is 0.151. The number of carbonyl (C=O) groups excluding carboxylic acids is 1. The fourth-order valence-electron chi connectivity index (χ4n) is 5.76. The second kappa shape index (κ2) is 10.4. The average molecular weight is 443 g/mol. The van der Waals surface area contributed by atoms with E-state index in [1.807, 2.05) is 6.20 Å². The lowest BCUT2D eigenvalue weighted by atomic mass is 9.84. The van der Waals surface area contributed by atoms with Crippen molar-refractivity contribution in [1.82, 2.24) is 15.2 Å². The molecule has 1 N–H and O–H groups in total. The first kappa shape index (κ1) is 22.0. The van der Waals surface area contributed by atoms with Gasteiger partial charge in [0.2, 0.25) is 5.91 Å². The first-order valence-corrected chi connectivity index (χ1v) is 12.7. The number of ether oxygens (including phenoxy) is 2. The minimum atomic E-state index is 0.151. The maximum atomic E-state index is 12.3. The summed E-state index contributed by atoms with van der Waals surface area (Å²) >= 11 is 0. The molecule has 3 aliphatic heterocycles. The number of hydrogen-bond acceptors (Lipinski definition) is 6. The van der Waals surface area contributed by atoms with E-state index < -0.39 is 0 Å². The van der Waals surface area contributed by atoms with Gasteiger partial charge in [-0.05, 0) is 63.5 Å². The van der Waals surface area contributed by atoms with Crippen LogP contribution in [0.5, 0.6) is 5.75 Å². The molecule has 1 saturated carbocycles. The van der Waals surface area contributed by atoms with Crippen molar-refractivity contribution in [2.45, 2.75) is 69.9 Å². The Balaban J connectivity index is 0.988. The van der Waals surface area contributed by atoms with E-state index in [2.05, 4.69) is 26.2 Å². The highest BCUT2D eigenvalue weighted by atomic mass is 16.5. The summed E-state index contributed by atoms with van der Waals surface area (Å²) in [4.78, 5) is 21.9. The van der Waals surface area contributed by atoms with Crippen LogP contribution in [0.3, 0.4) is 0 Å². The van der Waals surface area contributed by atoms with E-state index in [0.717, 1.165) is 89.0 Å². The van der Waals surface area contributed by atoms with Gasteiger partial charge in [-0.2, -0.15) is 0 Å². The number of nitrogens with zero attached hydrogens (tertiary/aromatic N) is 3. The third-order valence-corrected chi connectivity index (χ3v) is 7.76. The predicted octanol–water partition coefficient (Wildman–Crippen LogP) is 2.77. The van der Waals surface area contributed by atoms with Gasteiger partial charge in [-0.1, -0.05) is 0 Å². The number of amides is 1. The number of anilines is 1. The average Bonchev–Trinajstić information content (AvgIpc) is 3.51. The molecule has 3 fully saturated rings. The van der Waals surface area contributed by atoms with Crippen molar-refractivity contribution in [3.63, 3.8) is 0 Å². The number of pyridine rings is 1. The number of fused-ring (bicyclic) bond motifs is 1. The van der Waals surface area contributed by atoms with Crippen LogP contribution in [-0.2, 0) is 16.0 Å². The van der Waals surface area contributed by atoms with Crippen molar-refractivity contribution in [3.05, 3.63) is 17.8 Å². The largest absolute Gasteiger partial charge is 0.489 e. The van der Waals surface area contributed by atoms with E-state index in [-0.39, 0.29) is 12.0 Å². The van der Waals surface area contributed by atoms with Crippen molar-refractivity contribution in [1.29, 1.82) is 0 Å². The van der Waals surface area contributed by atoms with Crippen LogP contribution < -0.4 is 15.0 Å². The molecule has 4 aliphatic rings. The van der Waals surface area contributed by atoms with Crippen molar-refractivity contribution in [3.8, 4) is 5.75 Å². The Bertz CT molecular complexity index is 766. The fourth-order valence-corrected chi connectivity index (χ4v) is 5.76. The zero-order valence-corrected chi connectivity index (χ0v) is 19.3. The number of nitrogens with one attached hydrogen (secondary N) is 1. The van der Waals surface area contributed by atoms with Gasteiger partial charge in [0.25, 0.3) is 0 Å². The molecule has 4 heterocycles. The third-order valence-electron chi connectivity index (χ3n) is 7.76. The number of rotatable bonds is 7. The molecule has 5 rings (SSSR count). The summed E-state index contributed by atoms with van der Waals surface area (Å²) in [5, 5.41) is 3.26. The molecular formula is C25H38N4O3. The lowest BCUT2D eigenvalue weighted by Gasteiger charge is -2.37. The molecule has 1 aromatic heterocycles. The number of aromatic nitrogens is 1. The maximum Gasteiger partial charge on any atom is 0.222 e. The minimum Gasteiger partial charge on any atom is -0.489 e. The summed E-state index contributed by atoms with van der Waals surface area (Å²) in [6, 6.07) is 2.46. The van der Waals surface area contributed by atoms with Gasteiger partial charge in [0, 0.05) is 57.0 Å². The van der Waals surface area contributed by atoms with Gasteiger partial charge in [0.15, 0.2) is 11.6 Å². The molecule has 1 atom stereocenters. The maximum absolute atomic E-state index is 12.3. The Labute approximate surface area is 191 Å². The first-order valence-electron chi connectivity index (χ1n) is 12.7. The lowest BCUT2D eigenvalue weighted by Crippen LogP contribution is -2.47. The Morgan fingerprint density at radius 1 is 1.09 bits per heavy atom. The van der Waals surface area contributed by atoms with Crippen LogP contribution >= 0.6 is 0 Å². The van der Waals surface area contributed by atoms with Crippen LogP contribution in [0.15, 0.2) is 12.3 Å². The Kier molecular flexibility index (Phi) is 7.13.